The van der Waals surface area contributed by atoms with Crippen molar-refractivity contribution in [3.05, 3.63) is 275 Å². The predicted molar refractivity (Wildman–Crippen MR) is 326 cm³/mol. The Labute approximate surface area is 522 Å². The number of carbonyl (C=O) groups is 2. The van der Waals surface area contributed by atoms with Gasteiger partial charge < -0.3 is 56.8 Å². The summed E-state index contributed by atoms with van der Waals surface area (Å²) in [6.45, 7) is 1.56. The number of hydrogen-bond acceptors (Lipinski definition) is 18. The van der Waals surface area contributed by atoms with Gasteiger partial charge >= 0.3 is 11.9 Å². The maximum atomic E-state index is 13.6. The topological polar surface area (TPSA) is 206 Å². The summed E-state index contributed by atoms with van der Waals surface area (Å²) in [5.74, 6) is -1.38. The summed E-state index contributed by atoms with van der Waals surface area (Å²) in [6.07, 6.45) is -3.73. The van der Waals surface area contributed by atoms with Crippen LogP contribution in [0.4, 0.5) is 0 Å². The number of carbonyl (C=O) groups excluding carboxylic acids is 2. The fourth-order valence-electron chi connectivity index (χ4n) is 10.7. The van der Waals surface area contributed by atoms with Gasteiger partial charge in [0.2, 0.25) is 0 Å². The Morgan fingerprint density at radius 1 is 0.367 bits per heavy atom. The number of benzene rings is 7. The minimum Gasteiger partial charge on any atom is -0.455 e. The summed E-state index contributed by atoms with van der Waals surface area (Å²) in [5, 5.41) is 17.4. The Bertz CT molecular complexity index is 3360. The van der Waals surface area contributed by atoms with Crippen molar-refractivity contribution in [3.8, 4) is 0 Å². The number of esters is 2. The molecule has 0 amide bonds. The van der Waals surface area contributed by atoms with Crippen molar-refractivity contribution in [2.45, 2.75) is 127 Å². The standard InChI is InChI=1S/C70H72N6O14/c1-79-69-65(85-45-53-30-17-7-18-31-53)63(83-43-51-26-13-5-14-27-51)61(81-41-49-22-9-3-10-23-49)59(89-69)39-75-37-57(71-73-75)47-87-67(77)55-34-21-35-56(36-55)68(78)88-48-58-38-76(74-72-58)40-60-62(82-42-50-24-11-4-12-25-50)64(84-44-52-28-15-6-16-29-52)66(70(80-2)90-60)86-46-54-32-19-8-20-33-54/h3-38,59-66,69-70H,39-48H2,1-2H3/t59-,60-,61+,62+,63+,64+,65-,66-,69+,70+/m1/s1. The molecule has 0 bridgehead atoms. The van der Waals surface area contributed by atoms with Gasteiger partial charge in [0.1, 0.15) is 73.4 Å². The van der Waals surface area contributed by atoms with Crippen LogP contribution in [-0.4, -0.2) is 118 Å². The molecule has 7 aromatic carbocycles. The summed E-state index contributed by atoms with van der Waals surface area (Å²) in [7, 11) is 3.14. The number of hydrogen-bond donors (Lipinski definition) is 0. The van der Waals surface area contributed by atoms with E-state index in [2.05, 4.69) is 20.6 Å². The lowest BCUT2D eigenvalue weighted by molar-refractivity contribution is -0.319. The second kappa shape index (κ2) is 32.2. The zero-order chi connectivity index (χ0) is 61.7. The lowest BCUT2D eigenvalue weighted by Crippen LogP contribution is -2.61. The van der Waals surface area contributed by atoms with E-state index in [-0.39, 0.29) is 77.1 Å². The van der Waals surface area contributed by atoms with E-state index < -0.39 is 73.4 Å². The molecule has 11 rings (SSSR count). The maximum Gasteiger partial charge on any atom is 0.338 e. The fourth-order valence-corrected chi connectivity index (χ4v) is 10.7. The second-order valence-electron chi connectivity index (χ2n) is 21.7. The maximum absolute atomic E-state index is 13.6. The molecule has 0 saturated carbocycles. The van der Waals surface area contributed by atoms with E-state index in [1.165, 1.54) is 6.07 Å². The first-order valence-corrected chi connectivity index (χ1v) is 29.8. The number of methoxy groups -OCH3 is 2. The van der Waals surface area contributed by atoms with Gasteiger partial charge in [0.15, 0.2) is 12.6 Å². The van der Waals surface area contributed by atoms with Crippen LogP contribution in [0.25, 0.3) is 0 Å². The van der Waals surface area contributed by atoms with Gasteiger partial charge in [-0.2, -0.15) is 0 Å². The minimum absolute atomic E-state index is 0.123. The average Bonchev–Trinajstić information content (AvgIpc) is 1.26. The van der Waals surface area contributed by atoms with Crippen LogP contribution in [0.3, 0.4) is 0 Å². The third-order valence-electron chi connectivity index (χ3n) is 15.3. The van der Waals surface area contributed by atoms with Crippen LogP contribution >= 0.6 is 0 Å². The first-order chi connectivity index (χ1) is 44.3. The van der Waals surface area contributed by atoms with Gasteiger partial charge in [-0.15, -0.1) is 10.2 Å². The normalized spacial score (nSPS) is 21.6. The molecule has 2 saturated heterocycles. The molecule has 90 heavy (non-hydrogen) atoms. The zero-order valence-electron chi connectivity index (χ0n) is 50.0. The highest BCUT2D eigenvalue weighted by Gasteiger charge is 2.50. The Kier molecular flexibility index (Phi) is 22.5. The summed E-state index contributed by atoms with van der Waals surface area (Å²) in [4.78, 5) is 27.2. The Balaban J connectivity index is 0.721. The van der Waals surface area contributed by atoms with Crippen molar-refractivity contribution in [2.24, 2.45) is 0 Å². The third-order valence-corrected chi connectivity index (χ3v) is 15.3. The highest BCUT2D eigenvalue weighted by atomic mass is 16.7. The second-order valence-corrected chi connectivity index (χ2v) is 21.7. The van der Waals surface area contributed by atoms with Crippen molar-refractivity contribution in [3.63, 3.8) is 0 Å². The molecule has 466 valence electrons. The smallest absolute Gasteiger partial charge is 0.338 e. The molecule has 9 aromatic rings. The molecule has 2 aromatic heterocycles. The van der Waals surface area contributed by atoms with Crippen molar-refractivity contribution < 1.29 is 66.4 Å². The van der Waals surface area contributed by atoms with Crippen LogP contribution in [-0.2, 0) is 123 Å². The van der Waals surface area contributed by atoms with Gasteiger partial charge in [-0.1, -0.05) is 198 Å². The summed E-state index contributed by atoms with van der Waals surface area (Å²) in [5.41, 5.74) is 6.81. The molecular formula is C70H72N6O14. The Morgan fingerprint density at radius 3 is 0.956 bits per heavy atom. The lowest BCUT2D eigenvalue weighted by atomic mass is 9.97. The molecule has 0 aliphatic carbocycles. The van der Waals surface area contributed by atoms with Crippen LogP contribution in [0.2, 0.25) is 0 Å². The highest BCUT2D eigenvalue weighted by Crippen LogP contribution is 2.34. The zero-order valence-corrected chi connectivity index (χ0v) is 50.0. The monoisotopic (exact) mass is 1220 g/mol. The third kappa shape index (κ3) is 17.4. The molecule has 2 fully saturated rings. The van der Waals surface area contributed by atoms with Gasteiger partial charge in [-0.3, -0.25) is 0 Å². The largest absolute Gasteiger partial charge is 0.455 e. The SMILES string of the molecule is CO[C@H]1O[C@H](Cn2cc(COC(=O)c3cccc(C(=O)OCc4cn(C[C@H]5O[C@H](OC)[C@H](OCc6ccccc6)[C@@H](OCc6ccccc6)[C@H]5OCc5ccccc5)nn4)c3)nn2)[C@H](OCc2ccccc2)[C@H](OCc2ccccc2)[C@H]1OCc1ccccc1. The summed E-state index contributed by atoms with van der Waals surface area (Å²) in [6, 6.07) is 65.3. The van der Waals surface area contributed by atoms with E-state index in [1.807, 2.05) is 182 Å². The van der Waals surface area contributed by atoms with E-state index in [1.54, 1.807) is 54.2 Å². The minimum atomic E-state index is -0.845. The number of aromatic nitrogens is 6. The van der Waals surface area contributed by atoms with E-state index >= 15 is 0 Å². The highest BCUT2D eigenvalue weighted by molar-refractivity contribution is 5.95. The quantitative estimate of drug-likeness (QED) is 0.0384. The van der Waals surface area contributed by atoms with Gasteiger partial charge in [0.25, 0.3) is 0 Å². The van der Waals surface area contributed by atoms with Crippen LogP contribution in [0.1, 0.15) is 65.5 Å². The van der Waals surface area contributed by atoms with E-state index in [0.29, 0.717) is 11.4 Å². The van der Waals surface area contributed by atoms with E-state index in [4.69, 9.17) is 56.8 Å². The van der Waals surface area contributed by atoms with E-state index in [9.17, 15) is 9.59 Å². The predicted octanol–water partition coefficient (Wildman–Crippen LogP) is 9.84. The van der Waals surface area contributed by atoms with Crippen LogP contribution in [0.15, 0.2) is 219 Å². The van der Waals surface area contributed by atoms with Gasteiger partial charge in [0.05, 0.1) is 76.3 Å². The molecule has 0 spiro atoms. The summed E-state index contributed by atoms with van der Waals surface area (Å²) < 4.78 is 80.1. The van der Waals surface area contributed by atoms with Gasteiger partial charge in [-0.05, 0) is 51.6 Å². The Hall–Kier alpha value is -8.64. The number of ether oxygens (including phenoxy) is 12. The average molecular weight is 1220 g/mol. The molecule has 20 nitrogen and oxygen atoms in total. The van der Waals surface area contributed by atoms with Crippen molar-refractivity contribution in [1.82, 2.24) is 30.0 Å². The van der Waals surface area contributed by atoms with Crippen molar-refractivity contribution in [1.29, 1.82) is 0 Å². The number of rotatable bonds is 30. The summed E-state index contributed by atoms with van der Waals surface area (Å²) >= 11 is 0. The van der Waals surface area contributed by atoms with Crippen LogP contribution in [0.5, 0.6) is 0 Å². The molecule has 4 heterocycles. The first-order valence-electron chi connectivity index (χ1n) is 29.8. The first kappa shape index (κ1) is 62.9. The van der Waals surface area contributed by atoms with Gasteiger partial charge in [-0.25, -0.2) is 19.0 Å². The van der Waals surface area contributed by atoms with Crippen LogP contribution < -0.4 is 0 Å². The van der Waals surface area contributed by atoms with Crippen molar-refractivity contribution >= 4 is 11.9 Å². The van der Waals surface area contributed by atoms with Crippen LogP contribution in [0, 0.1) is 0 Å². The molecule has 0 radical (unpaired) electrons. The molecule has 2 aliphatic rings. The molecule has 0 unspecified atom stereocenters. The molecule has 2 aliphatic heterocycles. The Morgan fingerprint density at radius 2 is 0.656 bits per heavy atom. The van der Waals surface area contributed by atoms with E-state index in [0.717, 1.165) is 33.4 Å². The molecular weight excluding hydrogens is 1150 g/mol. The fraction of sp³-hybridized carbons (Fsp3) is 0.314. The van der Waals surface area contributed by atoms with Crippen molar-refractivity contribution in [2.75, 3.05) is 14.2 Å². The van der Waals surface area contributed by atoms with Gasteiger partial charge in [0, 0.05) is 14.2 Å². The molecule has 0 N–H and O–H groups in total. The molecule has 20 heteroatoms. The number of nitrogens with zero attached hydrogens (tertiary/aromatic N) is 6. The molecule has 10 atom stereocenters. The lowest BCUT2D eigenvalue weighted by Gasteiger charge is -2.45.